The van der Waals surface area contributed by atoms with Crippen molar-refractivity contribution in [3.05, 3.63) is 33.9 Å². The summed E-state index contributed by atoms with van der Waals surface area (Å²) in [6, 6.07) is 4.52. The molecule has 0 amide bonds. The van der Waals surface area contributed by atoms with Crippen molar-refractivity contribution in [2.75, 3.05) is 14.2 Å². The predicted octanol–water partition coefficient (Wildman–Crippen LogP) is 1.58. The summed E-state index contributed by atoms with van der Waals surface area (Å²) in [6.45, 7) is 0. The van der Waals surface area contributed by atoms with E-state index in [-0.39, 0.29) is 11.4 Å². The van der Waals surface area contributed by atoms with Crippen molar-refractivity contribution in [2.45, 2.75) is 0 Å². The third-order valence-electron chi connectivity index (χ3n) is 1.71. The Morgan fingerprint density at radius 3 is 2.73 bits per heavy atom. The minimum Gasteiger partial charge on any atom is -0.490 e. The Bertz CT molecular complexity index is 390. The molecular formula is C9H10N2O4. The van der Waals surface area contributed by atoms with E-state index < -0.39 is 4.92 Å². The second-order valence-electron chi connectivity index (χ2n) is 2.61. The largest absolute Gasteiger partial charge is 0.490 e. The van der Waals surface area contributed by atoms with Crippen molar-refractivity contribution < 1.29 is 14.5 Å². The third-order valence-corrected chi connectivity index (χ3v) is 1.71. The molecule has 1 rings (SSSR count). The SMILES string of the molecule is CO/N=C/c1ccc(OC)c([N+](=O)[O-])c1. The maximum Gasteiger partial charge on any atom is 0.311 e. The fourth-order valence-electron chi connectivity index (χ4n) is 1.04. The molecule has 1 aromatic rings. The summed E-state index contributed by atoms with van der Waals surface area (Å²) in [5, 5.41) is 14.2. The molecule has 0 spiro atoms. The van der Waals surface area contributed by atoms with Crippen LogP contribution in [0.3, 0.4) is 0 Å². The Morgan fingerprint density at radius 1 is 1.47 bits per heavy atom. The van der Waals surface area contributed by atoms with Crippen molar-refractivity contribution in [1.82, 2.24) is 0 Å². The first-order chi connectivity index (χ1) is 7.19. The maximum absolute atomic E-state index is 10.7. The van der Waals surface area contributed by atoms with Gasteiger partial charge in [0.05, 0.1) is 18.2 Å². The number of oxime groups is 1. The molecule has 6 heteroatoms. The van der Waals surface area contributed by atoms with E-state index >= 15 is 0 Å². The monoisotopic (exact) mass is 210 g/mol. The number of nitro benzene ring substituents is 1. The Labute approximate surface area is 86.3 Å². The number of hydrogen-bond donors (Lipinski definition) is 0. The Kier molecular flexibility index (Phi) is 3.61. The van der Waals surface area contributed by atoms with Crippen LogP contribution in [-0.4, -0.2) is 25.4 Å². The zero-order chi connectivity index (χ0) is 11.3. The lowest BCUT2D eigenvalue weighted by atomic mass is 10.2. The Hall–Kier alpha value is -2.11. The van der Waals surface area contributed by atoms with Crippen molar-refractivity contribution >= 4 is 11.9 Å². The average Bonchev–Trinajstić information content (AvgIpc) is 2.25. The zero-order valence-corrected chi connectivity index (χ0v) is 8.34. The predicted molar refractivity (Wildman–Crippen MR) is 54.3 cm³/mol. The van der Waals surface area contributed by atoms with Gasteiger partial charge in [-0.3, -0.25) is 10.1 Å². The highest BCUT2D eigenvalue weighted by atomic mass is 16.6. The quantitative estimate of drug-likeness (QED) is 0.429. The summed E-state index contributed by atoms with van der Waals surface area (Å²) in [6.07, 6.45) is 1.38. The molecule has 15 heavy (non-hydrogen) atoms. The maximum atomic E-state index is 10.7. The second kappa shape index (κ2) is 4.94. The molecule has 0 N–H and O–H groups in total. The van der Waals surface area contributed by atoms with Gasteiger partial charge < -0.3 is 9.57 Å². The molecule has 0 bridgehead atoms. The van der Waals surface area contributed by atoms with Crippen molar-refractivity contribution in [2.24, 2.45) is 5.16 Å². The van der Waals surface area contributed by atoms with E-state index in [0.29, 0.717) is 5.56 Å². The second-order valence-corrected chi connectivity index (χ2v) is 2.61. The lowest BCUT2D eigenvalue weighted by molar-refractivity contribution is -0.385. The van der Waals surface area contributed by atoms with Crippen LogP contribution in [0.1, 0.15) is 5.56 Å². The van der Waals surface area contributed by atoms with E-state index in [9.17, 15) is 10.1 Å². The molecule has 0 fully saturated rings. The van der Waals surface area contributed by atoms with E-state index in [2.05, 4.69) is 9.99 Å². The number of methoxy groups -OCH3 is 1. The van der Waals surface area contributed by atoms with Crippen LogP contribution in [0.25, 0.3) is 0 Å². The van der Waals surface area contributed by atoms with E-state index in [1.54, 1.807) is 6.07 Å². The molecule has 0 radical (unpaired) electrons. The number of nitro groups is 1. The van der Waals surface area contributed by atoms with Gasteiger partial charge in [-0.25, -0.2) is 0 Å². The van der Waals surface area contributed by atoms with Crippen molar-refractivity contribution in [1.29, 1.82) is 0 Å². The van der Waals surface area contributed by atoms with Crippen molar-refractivity contribution in [3.8, 4) is 5.75 Å². The van der Waals surface area contributed by atoms with E-state index in [0.717, 1.165) is 0 Å². The Morgan fingerprint density at radius 2 is 2.20 bits per heavy atom. The van der Waals surface area contributed by atoms with Gasteiger partial charge in [-0.05, 0) is 12.1 Å². The molecule has 0 unspecified atom stereocenters. The van der Waals surface area contributed by atoms with Gasteiger partial charge in [-0.15, -0.1) is 0 Å². The molecule has 0 aliphatic heterocycles. The average molecular weight is 210 g/mol. The summed E-state index contributed by atoms with van der Waals surface area (Å²) >= 11 is 0. The first-order valence-electron chi connectivity index (χ1n) is 4.08. The number of benzene rings is 1. The normalized spacial score (nSPS) is 10.3. The molecule has 0 saturated heterocycles. The van der Waals surface area contributed by atoms with Crippen LogP contribution < -0.4 is 4.74 Å². The summed E-state index contributed by atoms with van der Waals surface area (Å²) < 4.78 is 4.85. The van der Waals surface area contributed by atoms with Crippen LogP contribution in [-0.2, 0) is 4.84 Å². The van der Waals surface area contributed by atoms with Crippen LogP contribution in [0.4, 0.5) is 5.69 Å². The molecule has 1 aromatic carbocycles. The van der Waals surface area contributed by atoms with Gasteiger partial charge in [0.25, 0.3) is 0 Å². The first-order valence-corrected chi connectivity index (χ1v) is 4.08. The van der Waals surface area contributed by atoms with Crippen LogP contribution >= 0.6 is 0 Å². The molecule has 0 aromatic heterocycles. The number of ether oxygens (including phenoxy) is 1. The number of nitrogens with zero attached hydrogens (tertiary/aromatic N) is 2. The highest BCUT2D eigenvalue weighted by Gasteiger charge is 2.14. The molecule has 0 atom stereocenters. The number of rotatable bonds is 4. The molecule has 0 heterocycles. The summed E-state index contributed by atoms with van der Waals surface area (Å²) in [7, 11) is 2.78. The van der Waals surface area contributed by atoms with Gasteiger partial charge in [-0.2, -0.15) is 0 Å². The molecule has 0 aliphatic carbocycles. The van der Waals surface area contributed by atoms with Crippen LogP contribution in [0.5, 0.6) is 5.75 Å². The highest BCUT2D eigenvalue weighted by Crippen LogP contribution is 2.26. The fourth-order valence-corrected chi connectivity index (χ4v) is 1.04. The highest BCUT2D eigenvalue weighted by molar-refractivity contribution is 5.81. The van der Waals surface area contributed by atoms with Gasteiger partial charge in [0.2, 0.25) is 0 Å². The standard InChI is InChI=1S/C9H10N2O4/c1-14-9-4-3-7(6-10-15-2)5-8(9)11(12)13/h3-6H,1-2H3/b10-6+. The number of hydrogen-bond acceptors (Lipinski definition) is 5. The molecular weight excluding hydrogens is 200 g/mol. The van der Waals surface area contributed by atoms with Crippen LogP contribution in [0.2, 0.25) is 0 Å². The minimum atomic E-state index is -0.511. The lowest BCUT2D eigenvalue weighted by Gasteiger charge is -2.01. The summed E-state index contributed by atoms with van der Waals surface area (Å²) in [4.78, 5) is 14.6. The first kappa shape index (κ1) is 11.0. The van der Waals surface area contributed by atoms with Gasteiger partial charge in [0, 0.05) is 11.6 Å². The topological polar surface area (TPSA) is 74.0 Å². The zero-order valence-electron chi connectivity index (χ0n) is 8.34. The van der Waals surface area contributed by atoms with Crippen LogP contribution in [0, 0.1) is 10.1 Å². The fraction of sp³-hybridized carbons (Fsp3) is 0.222. The van der Waals surface area contributed by atoms with Crippen LogP contribution in [0.15, 0.2) is 23.4 Å². The molecule has 6 nitrogen and oxygen atoms in total. The van der Waals surface area contributed by atoms with E-state index in [1.165, 1.54) is 32.6 Å². The summed E-state index contributed by atoms with van der Waals surface area (Å²) in [5.74, 6) is 0.217. The molecule has 80 valence electrons. The summed E-state index contributed by atoms with van der Waals surface area (Å²) in [5.41, 5.74) is 0.474. The smallest absolute Gasteiger partial charge is 0.311 e. The van der Waals surface area contributed by atoms with Gasteiger partial charge in [0.15, 0.2) is 5.75 Å². The minimum absolute atomic E-state index is 0.0995. The molecule has 0 saturated carbocycles. The van der Waals surface area contributed by atoms with Gasteiger partial charge >= 0.3 is 5.69 Å². The molecule has 0 aliphatic rings. The third kappa shape index (κ3) is 2.67. The van der Waals surface area contributed by atoms with Gasteiger partial charge in [-0.1, -0.05) is 5.16 Å². The van der Waals surface area contributed by atoms with E-state index in [4.69, 9.17) is 4.74 Å². The van der Waals surface area contributed by atoms with Crippen molar-refractivity contribution in [3.63, 3.8) is 0 Å². The van der Waals surface area contributed by atoms with E-state index in [1.807, 2.05) is 0 Å². The Balaban J connectivity index is 3.10. The lowest BCUT2D eigenvalue weighted by Crippen LogP contribution is -1.95. The van der Waals surface area contributed by atoms with Gasteiger partial charge in [0.1, 0.15) is 7.11 Å².